The Morgan fingerprint density at radius 1 is 1.29 bits per heavy atom. The molecule has 0 radical (unpaired) electrons. The number of pyridine rings is 1. The van der Waals surface area contributed by atoms with E-state index in [9.17, 15) is 4.79 Å². The van der Waals surface area contributed by atoms with E-state index in [2.05, 4.69) is 4.98 Å². The summed E-state index contributed by atoms with van der Waals surface area (Å²) >= 11 is 5.95. The zero-order chi connectivity index (χ0) is 14.8. The van der Waals surface area contributed by atoms with E-state index in [1.807, 2.05) is 18.2 Å². The first-order chi connectivity index (χ1) is 10.1. The van der Waals surface area contributed by atoms with Crippen molar-refractivity contribution in [1.29, 1.82) is 0 Å². The molecule has 0 fully saturated rings. The highest BCUT2D eigenvalue weighted by Crippen LogP contribution is 2.22. The average Bonchev–Trinajstić information content (AvgIpc) is 2.93. The Kier molecular flexibility index (Phi) is 3.62. The van der Waals surface area contributed by atoms with Crippen molar-refractivity contribution in [2.75, 3.05) is 0 Å². The lowest BCUT2D eigenvalue weighted by molar-refractivity contribution is 0.571. The van der Waals surface area contributed by atoms with E-state index in [4.69, 9.17) is 16.0 Å². The zero-order valence-corrected chi connectivity index (χ0v) is 12.2. The van der Waals surface area contributed by atoms with Gasteiger partial charge in [-0.25, -0.2) is 4.98 Å². The van der Waals surface area contributed by atoms with Crippen molar-refractivity contribution in [3.63, 3.8) is 0 Å². The van der Waals surface area contributed by atoms with Crippen LogP contribution >= 0.6 is 11.6 Å². The van der Waals surface area contributed by atoms with Gasteiger partial charge in [-0.15, -0.1) is 0 Å². The van der Waals surface area contributed by atoms with Crippen molar-refractivity contribution < 1.29 is 4.42 Å². The number of nitrogens with zero attached hydrogens (tertiary/aromatic N) is 2. The van der Waals surface area contributed by atoms with E-state index in [1.54, 1.807) is 42.1 Å². The minimum absolute atomic E-state index is 0.0233. The second kappa shape index (κ2) is 5.58. The molecule has 3 rings (SSSR count). The molecule has 4 nitrogen and oxygen atoms in total. The third-order valence-corrected chi connectivity index (χ3v) is 3.40. The van der Waals surface area contributed by atoms with E-state index >= 15 is 0 Å². The first kappa shape index (κ1) is 13.6. The number of benzene rings is 1. The third kappa shape index (κ3) is 2.90. The van der Waals surface area contributed by atoms with Crippen molar-refractivity contribution >= 4 is 11.6 Å². The highest BCUT2D eigenvalue weighted by molar-refractivity contribution is 6.30. The topological polar surface area (TPSA) is 48.0 Å². The Hall–Kier alpha value is -2.33. The number of aromatic nitrogens is 2. The van der Waals surface area contributed by atoms with Crippen LogP contribution in [0.1, 0.15) is 11.3 Å². The van der Waals surface area contributed by atoms with Crippen molar-refractivity contribution in [3.8, 4) is 11.5 Å². The molecule has 0 aliphatic heterocycles. The molecule has 0 bridgehead atoms. The summed E-state index contributed by atoms with van der Waals surface area (Å²) in [4.78, 5) is 16.4. The number of rotatable bonds is 3. The standard InChI is InChI=1S/C16H13ClN2O2/c1-11-4-3-7-19(16(11)20)9-14-10-21-15(18-14)12-5-2-6-13(17)8-12/h2-8,10H,9H2,1H3. The quantitative estimate of drug-likeness (QED) is 0.743. The van der Waals surface area contributed by atoms with E-state index in [0.717, 1.165) is 5.56 Å². The van der Waals surface area contributed by atoms with Gasteiger partial charge in [0.2, 0.25) is 5.89 Å². The summed E-state index contributed by atoms with van der Waals surface area (Å²) in [7, 11) is 0. The Morgan fingerprint density at radius 3 is 2.95 bits per heavy atom. The summed E-state index contributed by atoms with van der Waals surface area (Å²) in [6.07, 6.45) is 3.30. The van der Waals surface area contributed by atoms with Gasteiger partial charge in [0, 0.05) is 22.3 Å². The van der Waals surface area contributed by atoms with Crippen LogP contribution in [0.5, 0.6) is 0 Å². The largest absolute Gasteiger partial charge is 0.444 e. The van der Waals surface area contributed by atoms with Gasteiger partial charge in [-0.1, -0.05) is 23.7 Å². The minimum atomic E-state index is -0.0233. The van der Waals surface area contributed by atoms with Crippen LogP contribution in [0.25, 0.3) is 11.5 Å². The molecule has 0 spiro atoms. The molecule has 3 aromatic rings. The van der Waals surface area contributed by atoms with Crippen LogP contribution in [0, 0.1) is 6.92 Å². The Balaban J connectivity index is 1.89. The van der Waals surface area contributed by atoms with Gasteiger partial charge in [0.05, 0.1) is 12.2 Å². The average molecular weight is 301 g/mol. The molecule has 5 heteroatoms. The summed E-state index contributed by atoms with van der Waals surface area (Å²) in [5.41, 5.74) is 2.18. The van der Waals surface area contributed by atoms with Crippen LogP contribution < -0.4 is 5.56 Å². The second-order valence-electron chi connectivity index (χ2n) is 4.78. The number of aryl methyl sites for hydroxylation is 1. The van der Waals surface area contributed by atoms with Crippen LogP contribution in [0.3, 0.4) is 0 Å². The van der Waals surface area contributed by atoms with Crippen LogP contribution in [0.2, 0.25) is 5.02 Å². The van der Waals surface area contributed by atoms with Gasteiger partial charge in [-0.3, -0.25) is 4.79 Å². The number of oxazole rings is 1. The fourth-order valence-corrected chi connectivity index (χ4v) is 2.28. The predicted octanol–water partition coefficient (Wildman–Crippen LogP) is 3.51. The number of hydrogen-bond donors (Lipinski definition) is 0. The SMILES string of the molecule is Cc1cccn(Cc2coc(-c3cccc(Cl)c3)n2)c1=O. The molecule has 0 atom stereocenters. The maximum Gasteiger partial charge on any atom is 0.253 e. The van der Waals surface area contributed by atoms with Crippen LogP contribution in [0.4, 0.5) is 0 Å². The lowest BCUT2D eigenvalue weighted by Crippen LogP contribution is -2.21. The molecular weight excluding hydrogens is 288 g/mol. The molecular formula is C16H13ClN2O2. The first-order valence-corrected chi connectivity index (χ1v) is 6.88. The van der Waals surface area contributed by atoms with E-state index < -0.39 is 0 Å². The van der Waals surface area contributed by atoms with Crippen LogP contribution in [-0.4, -0.2) is 9.55 Å². The molecule has 0 amide bonds. The Labute approximate surface area is 126 Å². The molecule has 1 aromatic carbocycles. The molecule has 2 aromatic heterocycles. The van der Waals surface area contributed by atoms with E-state index in [-0.39, 0.29) is 5.56 Å². The summed E-state index contributed by atoms with van der Waals surface area (Å²) in [5.74, 6) is 0.494. The molecule has 0 saturated heterocycles. The summed E-state index contributed by atoms with van der Waals surface area (Å²) in [6.45, 7) is 2.17. The van der Waals surface area contributed by atoms with Crippen molar-refractivity contribution in [2.45, 2.75) is 13.5 Å². The predicted molar refractivity (Wildman–Crippen MR) is 81.5 cm³/mol. The van der Waals surface area contributed by atoms with Gasteiger partial charge in [-0.2, -0.15) is 0 Å². The van der Waals surface area contributed by atoms with Crippen LogP contribution in [0.15, 0.2) is 58.1 Å². The maximum absolute atomic E-state index is 12.0. The van der Waals surface area contributed by atoms with E-state index in [0.29, 0.717) is 28.7 Å². The van der Waals surface area contributed by atoms with Crippen LogP contribution in [-0.2, 0) is 6.54 Å². The lowest BCUT2D eigenvalue weighted by Gasteiger charge is -2.03. The summed E-state index contributed by atoms with van der Waals surface area (Å²) in [5, 5.41) is 0.627. The molecule has 0 unspecified atom stereocenters. The highest BCUT2D eigenvalue weighted by atomic mass is 35.5. The van der Waals surface area contributed by atoms with Crippen molar-refractivity contribution in [1.82, 2.24) is 9.55 Å². The Morgan fingerprint density at radius 2 is 2.14 bits per heavy atom. The molecule has 21 heavy (non-hydrogen) atoms. The molecule has 0 N–H and O–H groups in total. The fraction of sp³-hybridized carbons (Fsp3) is 0.125. The van der Waals surface area contributed by atoms with Gasteiger partial charge >= 0.3 is 0 Å². The van der Waals surface area contributed by atoms with Gasteiger partial charge in [0.25, 0.3) is 5.56 Å². The minimum Gasteiger partial charge on any atom is -0.444 e. The van der Waals surface area contributed by atoms with Crippen molar-refractivity contribution in [2.24, 2.45) is 0 Å². The molecule has 0 saturated carbocycles. The van der Waals surface area contributed by atoms with Gasteiger partial charge < -0.3 is 8.98 Å². The van der Waals surface area contributed by atoms with Gasteiger partial charge in [0.1, 0.15) is 6.26 Å². The Bertz CT molecular complexity index is 836. The highest BCUT2D eigenvalue weighted by Gasteiger charge is 2.08. The smallest absolute Gasteiger partial charge is 0.253 e. The summed E-state index contributed by atoms with van der Waals surface area (Å²) in [6, 6.07) is 10.9. The molecule has 106 valence electrons. The van der Waals surface area contributed by atoms with Gasteiger partial charge in [-0.05, 0) is 31.2 Å². The zero-order valence-electron chi connectivity index (χ0n) is 11.4. The normalized spacial score (nSPS) is 10.8. The van der Waals surface area contributed by atoms with Gasteiger partial charge in [0.15, 0.2) is 0 Å². The number of halogens is 1. The second-order valence-corrected chi connectivity index (χ2v) is 5.22. The maximum atomic E-state index is 12.0. The van der Waals surface area contributed by atoms with E-state index in [1.165, 1.54) is 0 Å². The number of hydrogen-bond acceptors (Lipinski definition) is 3. The fourth-order valence-electron chi connectivity index (χ4n) is 2.09. The van der Waals surface area contributed by atoms with Crippen molar-refractivity contribution in [3.05, 3.63) is 75.5 Å². The molecule has 0 aliphatic carbocycles. The first-order valence-electron chi connectivity index (χ1n) is 6.50. The molecule has 0 aliphatic rings. The third-order valence-electron chi connectivity index (χ3n) is 3.17. The lowest BCUT2D eigenvalue weighted by atomic mass is 10.2. The monoisotopic (exact) mass is 300 g/mol. The molecule has 2 heterocycles. The summed E-state index contributed by atoms with van der Waals surface area (Å²) < 4.78 is 7.07.